The molecule has 0 radical (unpaired) electrons. The lowest BCUT2D eigenvalue weighted by Gasteiger charge is -2.13. The van der Waals surface area contributed by atoms with Crippen molar-refractivity contribution in [3.05, 3.63) is 90.2 Å². The van der Waals surface area contributed by atoms with Crippen molar-refractivity contribution in [2.24, 2.45) is 4.99 Å². The molecule has 0 bridgehead atoms. The topological polar surface area (TPSA) is 83.7 Å². The zero-order valence-electron chi connectivity index (χ0n) is 19.7. The number of aryl methyl sites for hydroxylation is 2. The number of amidine groups is 1. The number of rotatable bonds is 6. The Morgan fingerprint density at radius 2 is 1.83 bits per heavy atom. The number of carbonyl (C=O) groups is 1. The Labute approximate surface area is 230 Å². The molecule has 4 rings (SSSR count). The molecule has 1 N–H and O–H groups in total. The van der Waals surface area contributed by atoms with Crippen molar-refractivity contribution in [2.75, 3.05) is 7.11 Å². The van der Waals surface area contributed by atoms with E-state index in [0.717, 1.165) is 36.9 Å². The average Bonchev–Trinajstić information content (AvgIpc) is 3.20. The number of ether oxygens (including phenoxy) is 2. The lowest BCUT2D eigenvalue weighted by Crippen LogP contribution is -2.19. The molecule has 0 aromatic heterocycles. The molecule has 182 valence electrons. The highest BCUT2D eigenvalue weighted by Crippen LogP contribution is 2.37. The van der Waals surface area contributed by atoms with E-state index in [2.05, 4.69) is 48.2 Å². The number of thioether (sulfide) groups is 1. The van der Waals surface area contributed by atoms with Crippen molar-refractivity contribution in [3.63, 3.8) is 0 Å². The van der Waals surface area contributed by atoms with Gasteiger partial charge in [0, 0.05) is 14.5 Å². The second-order valence-electron chi connectivity index (χ2n) is 7.96. The maximum Gasteiger partial charge on any atom is 0.264 e. The van der Waals surface area contributed by atoms with Crippen molar-refractivity contribution in [1.82, 2.24) is 5.32 Å². The number of nitrogens with one attached hydrogen (secondary N) is 1. The van der Waals surface area contributed by atoms with E-state index in [1.807, 2.05) is 44.2 Å². The van der Waals surface area contributed by atoms with Crippen LogP contribution in [0.25, 0.3) is 6.08 Å². The van der Waals surface area contributed by atoms with Crippen molar-refractivity contribution in [3.8, 4) is 17.6 Å². The van der Waals surface area contributed by atoms with Crippen LogP contribution in [0.4, 0.5) is 5.69 Å². The Balaban J connectivity index is 1.56. The highest BCUT2D eigenvalue weighted by atomic mass is 79.9. The van der Waals surface area contributed by atoms with Gasteiger partial charge in [-0.25, -0.2) is 4.99 Å². The average molecular weight is 627 g/mol. The Bertz CT molecular complexity index is 1440. The fourth-order valence-corrected chi connectivity index (χ4v) is 5.07. The molecule has 1 amide bonds. The Kier molecular flexibility index (Phi) is 8.19. The van der Waals surface area contributed by atoms with Crippen LogP contribution >= 0.6 is 43.6 Å². The molecule has 1 fully saturated rings. The van der Waals surface area contributed by atoms with Crippen LogP contribution in [0.5, 0.6) is 11.5 Å². The number of amides is 1. The van der Waals surface area contributed by atoms with Crippen LogP contribution in [0.15, 0.2) is 67.4 Å². The first-order valence-corrected chi connectivity index (χ1v) is 13.2. The summed E-state index contributed by atoms with van der Waals surface area (Å²) >= 11 is 8.42. The largest absolute Gasteiger partial charge is 0.493 e. The Morgan fingerprint density at radius 3 is 2.53 bits per heavy atom. The van der Waals surface area contributed by atoms with Gasteiger partial charge < -0.3 is 14.8 Å². The van der Waals surface area contributed by atoms with E-state index < -0.39 is 0 Å². The highest BCUT2D eigenvalue weighted by molar-refractivity contribution is 9.10. The van der Waals surface area contributed by atoms with E-state index in [-0.39, 0.29) is 12.5 Å². The zero-order chi connectivity index (χ0) is 25.8. The second-order valence-corrected chi connectivity index (χ2v) is 10.6. The Morgan fingerprint density at radius 1 is 1.11 bits per heavy atom. The third kappa shape index (κ3) is 5.84. The van der Waals surface area contributed by atoms with Gasteiger partial charge in [-0.05, 0) is 78.7 Å². The molecule has 1 heterocycles. The van der Waals surface area contributed by atoms with Crippen molar-refractivity contribution < 1.29 is 14.3 Å². The maximum atomic E-state index is 12.6. The SMILES string of the molecule is COc1cc(/C=C2\SC(=Nc3cc(C)c(Br)c(C)c3)NC2=O)c(Br)cc1OCc1ccccc1C#N. The zero-order valence-corrected chi connectivity index (χ0v) is 23.7. The van der Waals surface area contributed by atoms with Gasteiger partial charge in [0.1, 0.15) is 6.61 Å². The van der Waals surface area contributed by atoms with Crippen LogP contribution in [0, 0.1) is 25.2 Å². The van der Waals surface area contributed by atoms with Gasteiger partial charge in [-0.15, -0.1) is 0 Å². The first-order chi connectivity index (χ1) is 17.3. The number of nitrogens with zero attached hydrogens (tertiary/aromatic N) is 2. The minimum atomic E-state index is -0.219. The van der Waals surface area contributed by atoms with Crippen molar-refractivity contribution in [2.45, 2.75) is 20.5 Å². The number of aliphatic imine (C=N–C) groups is 1. The summed E-state index contributed by atoms with van der Waals surface area (Å²) in [5, 5.41) is 12.7. The minimum absolute atomic E-state index is 0.219. The molecule has 0 unspecified atom stereocenters. The third-order valence-electron chi connectivity index (χ3n) is 5.39. The van der Waals surface area contributed by atoms with Gasteiger partial charge >= 0.3 is 0 Å². The quantitative estimate of drug-likeness (QED) is 0.293. The Hall–Kier alpha value is -3.06. The second kappa shape index (κ2) is 11.3. The summed E-state index contributed by atoms with van der Waals surface area (Å²) in [5.41, 5.74) is 5.03. The van der Waals surface area contributed by atoms with Crippen LogP contribution in [-0.2, 0) is 11.4 Å². The summed E-state index contributed by atoms with van der Waals surface area (Å²) in [5.74, 6) is 0.812. The van der Waals surface area contributed by atoms with Gasteiger partial charge in [-0.2, -0.15) is 5.26 Å². The van der Waals surface area contributed by atoms with Gasteiger partial charge in [0.15, 0.2) is 16.7 Å². The first kappa shape index (κ1) is 26.0. The first-order valence-electron chi connectivity index (χ1n) is 10.8. The molecule has 9 heteroatoms. The van der Waals surface area contributed by atoms with E-state index in [9.17, 15) is 10.1 Å². The van der Waals surface area contributed by atoms with E-state index in [0.29, 0.717) is 27.1 Å². The normalized spacial score (nSPS) is 15.2. The molecule has 1 aliphatic heterocycles. The lowest BCUT2D eigenvalue weighted by molar-refractivity contribution is -0.115. The van der Waals surface area contributed by atoms with Gasteiger partial charge in [-0.3, -0.25) is 4.79 Å². The molecule has 6 nitrogen and oxygen atoms in total. The fourth-order valence-electron chi connectivity index (χ4n) is 3.57. The summed E-state index contributed by atoms with van der Waals surface area (Å²) in [6, 6.07) is 17.0. The maximum absolute atomic E-state index is 12.6. The summed E-state index contributed by atoms with van der Waals surface area (Å²) in [6.07, 6.45) is 1.78. The van der Waals surface area contributed by atoms with Gasteiger partial charge in [0.2, 0.25) is 0 Å². The van der Waals surface area contributed by atoms with Crippen LogP contribution < -0.4 is 14.8 Å². The third-order valence-corrected chi connectivity index (χ3v) is 8.24. The lowest BCUT2D eigenvalue weighted by atomic mass is 10.1. The predicted molar refractivity (Wildman–Crippen MR) is 151 cm³/mol. The summed E-state index contributed by atoms with van der Waals surface area (Å²) in [7, 11) is 1.56. The number of hydrogen-bond acceptors (Lipinski definition) is 6. The van der Waals surface area contributed by atoms with Crippen LogP contribution in [0.3, 0.4) is 0 Å². The molecule has 36 heavy (non-hydrogen) atoms. The number of nitriles is 1. The van der Waals surface area contributed by atoms with E-state index in [4.69, 9.17) is 9.47 Å². The van der Waals surface area contributed by atoms with E-state index in [1.54, 1.807) is 31.4 Å². The standard InChI is InChI=1S/C27H21Br2N3O3S/c1-15-8-20(9-16(2)25(15)29)31-27-32-26(33)24(36-27)11-19-10-22(34-3)23(12-21(19)28)35-14-18-7-5-4-6-17(18)13-30/h4-12H,14H2,1-3H3,(H,31,32,33)/b24-11-. The number of halogens is 2. The number of carbonyl (C=O) groups excluding carboxylic acids is 1. The van der Waals surface area contributed by atoms with Crippen molar-refractivity contribution >= 4 is 66.5 Å². The van der Waals surface area contributed by atoms with Gasteiger partial charge in [-0.1, -0.05) is 50.1 Å². The molecule has 1 saturated heterocycles. The van der Waals surface area contributed by atoms with Crippen LogP contribution in [0.1, 0.15) is 27.8 Å². The van der Waals surface area contributed by atoms with Crippen LogP contribution in [-0.4, -0.2) is 18.2 Å². The molecular formula is C27H21Br2N3O3S. The summed E-state index contributed by atoms with van der Waals surface area (Å²) in [6.45, 7) is 4.24. The molecule has 0 spiro atoms. The van der Waals surface area contributed by atoms with Gasteiger partial charge in [0.05, 0.1) is 29.3 Å². The van der Waals surface area contributed by atoms with Crippen LogP contribution in [0.2, 0.25) is 0 Å². The molecule has 0 atom stereocenters. The summed E-state index contributed by atoms with van der Waals surface area (Å²) < 4.78 is 13.3. The molecule has 3 aromatic carbocycles. The highest BCUT2D eigenvalue weighted by Gasteiger charge is 2.24. The van der Waals surface area contributed by atoms with E-state index >= 15 is 0 Å². The molecule has 3 aromatic rings. The predicted octanol–water partition coefficient (Wildman–Crippen LogP) is 7.18. The van der Waals surface area contributed by atoms with Gasteiger partial charge in [0.25, 0.3) is 5.91 Å². The monoisotopic (exact) mass is 625 g/mol. The minimum Gasteiger partial charge on any atom is -0.493 e. The smallest absolute Gasteiger partial charge is 0.264 e. The molecular weight excluding hydrogens is 606 g/mol. The van der Waals surface area contributed by atoms with E-state index in [1.165, 1.54) is 11.8 Å². The molecule has 1 aliphatic rings. The number of hydrogen-bond donors (Lipinski definition) is 1. The number of benzene rings is 3. The molecule has 0 saturated carbocycles. The summed E-state index contributed by atoms with van der Waals surface area (Å²) in [4.78, 5) is 17.8. The number of methoxy groups -OCH3 is 1. The fraction of sp³-hybridized carbons (Fsp3) is 0.148. The molecule has 0 aliphatic carbocycles. The van der Waals surface area contributed by atoms with Crippen molar-refractivity contribution in [1.29, 1.82) is 5.26 Å².